The minimum atomic E-state index is -0.662. The Morgan fingerprint density at radius 3 is 2.39 bits per heavy atom. The highest BCUT2D eigenvalue weighted by atomic mass is 32.1. The molecule has 2 aromatic heterocycles. The Morgan fingerprint density at radius 2 is 1.82 bits per heavy atom. The highest BCUT2D eigenvalue weighted by Crippen LogP contribution is 2.39. The molecule has 0 aliphatic carbocycles. The van der Waals surface area contributed by atoms with Crippen LogP contribution in [0.5, 0.6) is 0 Å². The molecule has 9 nitrogen and oxygen atoms in total. The predicted octanol–water partition coefficient (Wildman–Crippen LogP) is 4.09. The van der Waals surface area contributed by atoms with Gasteiger partial charge in [-0.25, -0.2) is 9.48 Å². The maximum Gasteiger partial charge on any atom is 0.361 e. The van der Waals surface area contributed by atoms with E-state index in [1.54, 1.807) is 11.6 Å². The van der Waals surface area contributed by atoms with Crippen LogP contribution < -0.4 is 0 Å². The third-order valence-corrected chi connectivity index (χ3v) is 5.77. The molecule has 184 valence electrons. The molecule has 10 heteroatoms. The molecule has 4 atom stereocenters. The molecule has 1 fully saturated rings. The fourth-order valence-corrected chi connectivity index (χ4v) is 4.48. The summed E-state index contributed by atoms with van der Waals surface area (Å²) < 4.78 is 31.8. The van der Waals surface area contributed by atoms with Gasteiger partial charge in [0.1, 0.15) is 24.0 Å². The molecule has 0 bridgehead atoms. The standard InChI is InChI=1S/C23H35N3O6S/c1-8-28-23(27)18-19(17-10-9-11-33-17)26(25-24-18)22-21(31-15(6)7)20(30-14(4)5)16(32-22)12-29-13(2)3/h9-11,13-16,20-22H,8,12H2,1-7H3/t16-,20-,21-,22-/m1/s1. The van der Waals surface area contributed by atoms with E-state index in [2.05, 4.69) is 10.3 Å². The van der Waals surface area contributed by atoms with E-state index in [1.165, 1.54) is 11.3 Å². The van der Waals surface area contributed by atoms with Crippen LogP contribution in [0.1, 0.15) is 65.2 Å². The molecule has 33 heavy (non-hydrogen) atoms. The van der Waals surface area contributed by atoms with E-state index in [-0.39, 0.29) is 42.8 Å². The number of rotatable bonds is 11. The van der Waals surface area contributed by atoms with Crippen LogP contribution in [0.25, 0.3) is 10.6 Å². The molecular formula is C23H35N3O6S. The number of hydrogen-bond donors (Lipinski definition) is 0. The van der Waals surface area contributed by atoms with Gasteiger partial charge in [-0.05, 0) is 59.9 Å². The summed E-state index contributed by atoms with van der Waals surface area (Å²) in [5, 5.41) is 10.4. The summed E-state index contributed by atoms with van der Waals surface area (Å²) in [4.78, 5) is 13.5. The number of carbonyl (C=O) groups is 1. The number of aromatic nitrogens is 3. The Hall–Kier alpha value is -1.85. The second kappa shape index (κ2) is 11.5. The van der Waals surface area contributed by atoms with E-state index in [0.717, 1.165) is 4.88 Å². The first-order valence-corrected chi connectivity index (χ1v) is 12.3. The molecule has 3 rings (SSSR count). The van der Waals surface area contributed by atoms with Crippen LogP contribution >= 0.6 is 11.3 Å². The van der Waals surface area contributed by atoms with Gasteiger partial charge in [0.2, 0.25) is 0 Å². The molecule has 0 saturated carbocycles. The Bertz CT molecular complexity index is 883. The molecule has 0 aromatic carbocycles. The molecule has 3 heterocycles. The Labute approximate surface area is 199 Å². The smallest absolute Gasteiger partial charge is 0.361 e. The topological polar surface area (TPSA) is 93.9 Å². The van der Waals surface area contributed by atoms with E-state index in [9.17, 15) is 4.79 Å². The number of thiophene rings is 1. The van der Waals surface area contributed by atoms with Gasteiger partial charge in [0, 0.05) is 0 Å². The van der Waals surface area contributed by atoms with Crippen molar-refractivity contribution in [3.63, 3.8) is 0 Å². The molecule has 0 spiro atoms. The summed E-state index contributed by atoms with van der Waals surface area (Å²) >= 11 is 1.48. The number of hydrogen-bond acceptors (Lipinski definition) is 9. The van der Waals surface area contributed by atoms with Gasteiger partial charge in [-0.15, -0.1) is 16.4 Å². The summed E-state index contributed by atoms with van der Waals surface area (Å²) in [7, 11) is 0. The SMILES string of the molecule is CCOC(=O)c1nnn([C@@H]2O[C@H](COC(C)C)[C@@H](OC(C)C)[C@H]2OC(C)C)c1-c1cccs1. The number of nitrogens with zero attached hydrogens (tertiary/aromatic N) is 3. The lowest BCUT2D eigenvalue weighted by Crippen LogP contribution is -2.41. The molecule has 0 N–H and O–H groups in total. The van der Waals surface area contributed by atoms with Crippen LogP contribution in [0, 0.1) is 0 Å². The highest BCUT2D eigenvalue weighted by Gasteiger charge is 2.50. The zero-order valence-corrected chi connectivity index (χ0v) is 21.2. The fourth-order valence-electron chi connectivity index (χ4n) is 3.72. The molecular weight excluding hydrogens is 446 g/mol. The van der Waals surface area contributed by atoms with Crippen molar-refractivity contribution in [1.29, 1.82) is 0 Å². The van der Waals surface area contributed by atoms with E-state index in [0.29, 0.717) is 12.3 Å². The molecule has 1 saturated heterocycles. The Kier molecular flexibility index (Phi) is 9.00. The van der Waals surface area contributed by atoms with Crippen LogP contribution in [0.3, 0.4) is 0 Å². The second-order valence-electron chi connectivity index (χ2n) is 8.68. The average molecular weight is 482 g/mol. The maximum atomic E-state index is 12.6. The number of carbonyl (C=O) groups excluding carboxylic acids is 1. The third kappa shape index (κ3) is 6.19. The van der Waals surface area contributed by atoms with Gasteiger partial charge >= 0.3 is 5.97 Å². The van der Waals surface area contributed by atoms with Crippen molar-refractivity contribution in [2.75, 3.05) is 13.2 Å². The van der Waals surface area contributed by atoms with Gasteiger partial charge in [-0.3, -0.25) is 0 Å². The number of ether oxygens (including phenoxy) is 5. The lowest BCUT2D eigenvalue weighted by Gasteiger charge is -2.28. The summed E-state index contributed by atoms with van der Waals surface area (Å²) in [6.45, 7) is 14.2. The van der Waals surface area contributed by atoms with E-state index in [4.69, 9.17) is 23.7 Å². The maximum absolute atomic E-state index is 12.6. The fraction of sp³-hybridized carbons (Fsp3) is 0.696. The summed E-state index contributed by atoms with van der Waals surface area (Å²) in [5.41, 5.74) is 0.689. The molecule has 2 aromatic rings. The second-order valence-corrected chi connectivity index (χ2v) is 9.62. The van der Waals surface area contributed by atoms with Crippen LogP contribution in [0.2, 0.25) is 0 Å². The van der Waals surface area contributed by atoms with Crippen LogP contribution in [-0.4, -0.2) is 70.8 Å². The first-order valence-electron chi connectivity index (χ1n) is 11.5. The average Bonchev–Trinajstić information content (AvgIpc) is 3.45. The third-order valence-electron chi connectivity index (χ3n) is 4.90. The van der Waals surface area contributed by atoms with Crippen LogP contribution in [0.15, 0.2) is 17.5 Å². The van der Waals surface area contributed by atoms with Crippen molar-refractivity contribution in [2.45, 2.75) is 91.3 Å². The Balaban J connectivity index is 2.05. The van der Waals surface area contributed by atoms with Crippen LogP contribution in [0.4, 0.5) is 0 Å². The lowest BCUT2D eigenvalue weighted by molar-refractivity contribution is -0.116. The normalized spacial score (nSPS) is 23.2. The summed E-state index contributed by atoms with van der Waals surface area (Å²) in [5.74, 6) is -0.527. The zero-order valence-electron chi connectivity index (χ0n) is 20.4. The first-order chi connectivity index (χ1) is 15.7. The highest BCUT2D eigenvalue weighted by molar-refractivity contribution is 7.13. The molecule has 0 radical (unpaired) electrons. The van der Waals surface area contributed by atoms with Gasteiger partial charge in [0.15, 0.2) is 11.9 Å². The minimum Gasteiger partial charge on any atom is -0.461 e. The van der Waals surface area contributed by atoms with Crippen molar-refractivity contribution in [3.8, 4) is 10.6 Å². The quantitative estimate of drug-likeness (QED) is 0.443. The van der Waals surface area contributed by atoms with Crippen molar-refractivity contribution < 1.29 is 28.5 Å². The van der Waals surface area contributed by atoms with Gasteiger partial charge in [0.25, 0.3) is 0 Å². The monoisotopic (exact) mass is 481 g/mol. The van der Waals surface area contributed by atoms with E-state index < -0.39 is 18.3 Å². The van der Waals surface area contributed by atoms with Gasteiger partial charge in [0.05, 0.1) is 36.4 Å². The number of esters is 1. The van der Waals surface area contributed by atoms with Crippen molar-refractivity contribution >= 4 is 17.3 Å². The van der Waals surface area contributed by atoms with Gasteiger partial charge in [-0.2, -0.15) is 0 Å². The van der Waals surface area contributed by atoms with Crippen LogP contribution in [-0.2, 0) is 23.7 Å². The first kappa shape index (κ1) is 25.8. The van der Waals surface area contributed by atoms with Crippen molar-refractivity contribution in [3.05, 3.63) is 23.2 Å². The minimum absolute atomic E-state index is 0.0419. The molecule has 0 unspecified atom stereocenters. The largest absolute Gasteiger partial charge is 0.461 e. The predicted molar refractivity (Wildman–Crippen MR) is 124 cm³/mol. The van der Waals surface area contributed by atoms with E-state index in [1.807, 2.05) is 59.1 Å². The summed E-state index contributed by atoms with van der Waals surface area (Å²) in [6, 6.07) is 3.82. The lowest BCUT2D eigenvalue weighted by atomic mass is 10.1. The molecule has 1 aliphatic heterocycles. The van der Waals surface area contributed by atoms with Crippen molar-refractivity contribution in [2.24, 2.45) is 0 Å². The molecule has 0 amide bonds. The molecule has 1 aliphatic rings. The van der Waals surface area contributed by atoms with Crippen molar-refractivity contribution in [1.82, 2.24) is 15.0 Å². The van der Waals surface area contributed by atoms with Gasteiger partial charge < -0.3 is 23.7 Å². The summed E-state index contributed by atoms with van der Waals surface area (Å²) in [6.07, 6.45) is -1.99. The van der Waals surface area contributed by atoms with Gasteiger partial charge in [-0.1, -0.05) is 11.3 Å². The Morgan fingerprint density at radius 1 is 1.12 bits per heavy atom. The van der Waals surface area contributed by atoms with E-state index >= 15 is 0 Å². The zero-order chi connectivity index (χ0) is 24.1.